The van der Waals surface area contributed by atoms with Crippen LogP contribution in [-0.2, 0) is 6.54 Å². The van der Waals surface area contributed by atoms with Crippen molar-refractivity contribution in [3.05, 3.63) is 75.6 Å². The van der Waals surface area contributed by atoms with Crippen LogP contribution < -0.4 is 14.8 Å². The maximum Gasteiger partial charge on any atom is 0.373 e. The summed E-state index contributed by atoms with van der Waals surface area (Å²) in [5.74, 6) is 1.20. The van der Waals surface area contributed by atoms with Gasteiger partial charge in [0.25, 0.3) is 0 Å². The zero-order valence-electron chi connectivity index (χ0n) is 15.8. The molecule has 0 aliphatic rings. The summed E-state index contributed by atoms with van der Waals surface area (Å²) in [6.45, 7) is 4.27. The predicted octanol–water partition coefficient (Wildman–Crippen LogP) is 4.41. The van der Waals surface area contributed by atoms with Gasteiger partial charge in [0.15, 0.2) is 0 Å². The first-order chi connectivity index (χ1) is 13.5. The molecule has 0 amide bonds. The van der Waals surface area contributed by atoms with Crippen LogP contribution in [0.25, 0.3) is 0 Å². The summed E-state index contributed by atoms with van der Waals surface area (Å²) >= 11 is 0. The number of rotatable bonds is 7. The highest BCUT2D eigenvalue weighted by Crippen LogP contribution is 2.34. The van der Waals surface area contributed by atoms with Gasteiger partial charge in [0, 0.05) is 6.54 Å². The molecule has 28 heavy (non-hydrogen) atoms. The summed E-state index contributed by atoms with van der Waals surface area (Å²) in [6, 6.07) is 12.8. The topological polar surface area (TPSA) is 99.4 Å². The minimum atomic E-state index is -0.549. The van der Waals surface area contributed by atoms with Crippen LogP contribution in [0.15, 0.2) is 48.8 Å². The minimum Gasteiger partial charge on any atom is -0.497 e. The first kappa shape index (κ1) is 19.1. The van der Waals surface area contributed by atoms with Gasteiger partial charge in [-0.3, -0.25) is 10.1 Å². The molecule has 3 rings (SSSR count). The molecule has 8 nitrogen and oxygen atoms in total. The lowest BCUT2D eigenvalue weighted by Gasteiger charge is -2.10. The highest BCUT2D eigenvalue weighted by Gasteiger charge is 2.25. The van der Waals surface area contributed by atoms with Crippen molar-refractivity contribution in [3.8, 4) is 17.4 Å². The van der Waals surface area contributed by atoms with Crippen LogP contribution in [0.1, 0.15) is 16.7 Å². The first-order valence-corrected chi connectivity index (χ1v) is 8.59. The summed E-state index contributed by atoms with van der Waals surface area (Å²) in [6.07, 6.45) is 1.24. The van der Waals surface area contributed by atoms with Crippen molar-refractivity contribution in [1.29, 1.82) is 0 Å². The van der Waals surface area contributed by atoms with E-state index in [1.165, 1.54) is 6.33 Å². The second-order valence-corrected chi connectivity index (χ2v) is 6.18. The van der Waals surface area contributed by atoms with Gasteiger partial charge in [0.2, 0.25) is 5.82 Å². The molecular weight excluding hydrogens is 360 g/mol. The normalized spacial score (nSPS) is 10.4. The molecule has 0 spiro atoms. The van der Waals surface area contributed by atoms with Gasteiger partial charge in [-0.05, 0) is 54.8 Å². The fraction of sp³-hybridized carbons (Fsp3) is 0.200. The summed E-state index contributed by atoms with van der Waals surface area (Å²) in [5.41, 5.74) is 2.73. The number of ether oxygens (including phenoxy) is 2. The lowest BCUT2D eigenvalue weighted by molar-refractivity contribution is -0.385. The van der Waals surface area contributed by atoms with E-state index in [1.54, 1.807) is 13.2 Å². The SMILES string of the molecule is COc1ccc(CNc2ncnc(Oc3ccc(C)c(C)c3)c2[N+](=O)[O-])cc1. The molecule has 0 unspecified atom stereocenters. The van der Waals surface area contributed by atoms with Crippen LogP contribution in [0.4, 0.5) is 11.5 Å². The molecule has 0 atom stereocenters. The number of benzene rings is 2. The number of methoxy groups -OCH3 is 1. The Morgan fingerprint density at radius 2 is 1.75 bits per heavy atom. The molecule has 1 heterocycles. The Labute approximate surface area is 162 Å². The predicted molar refractivity (Wildman–Crippen MR) is 105 cm³/mol. The van der Waals surface area contributed by atoms with Gasteiger partial charge >= 0.3 is 11.6 Å². The third-order valence-electron chi connectivity index (χ3n) is 4.28. The van der Waals surface area contributed by atoms with E-state index in [1.807, 2.05) is 50.2 Å². The standard InChI is InChI=1S/C20H20N4O4/c1-13-4-7-17(10-14(13)2)28-20-18(24(25)26)19(22-12-23-20)21-11-15-5-8-16(27-3)9-6-15/h4-10,12H,11H2,1-3H3,(H,21,22,23). The molecule has 144 valence electrons. The number of aromatic nitrogens is 2. The molecule has 0 saturated carbocycles. The zero-order chi connectivity index (χ0) is 20.1. The number of nitro groups is 1. The van der Waals surface area contributed by atoms with Crippen molar-refractivity contribution in [3.63, 3.8) is 0 Å². The highest BCUT2D eigenvalue weighted by atomic mass is 16.6. The van der Waals surface area contributed by atoms with Crippen LogP contribution in [0.2, 0.25) is 0 Å². The molecule has 0 bridgehead atoms. The number of aryl methyl sites for hydroxylation is 2. The molecule has 1 N–H and O–H groups in total. The van der Waals surface area contributed by atoms with Crippen LogP contribution in [0.3, 0.4) is 0 Å². The van der Waals surface area contributed by atoms with Crippen molar-refractivity contribution >= 4 is 11.5 Å². The van der Waals surface area contributed by atoms with Crippen LogP contribution in [0.5, 0.6) is 17.4 Å². The van der Waals surface area contributed by atoms with Gasteiger partial charge in [-0.2, -0.15) is 4.98 Å². The second-order valence-electron chi connectivity index (χ2n) is 6.18. The fourth-order valence-corrected chi connectivity index (χ4v) is 2.55. The summed E-state index contributed by atoms with van der Waals surface area (Å²) in [4.78, 5) is 19.1. The monoisotopic (exact) mass is 380 g/mol. The number of nitrogens with zero attached hydrogens (tertiary/aromatic N) is 3. The average Bonchev–Trinajstić information content (AvgIpc) is 2.69. The van der Waals surface area contributed by atoms with Gasteiger partial charge < -0.3 is 14.8 Å². The Morgan fingerprint density at radius 1 is 1.04 bits per heavy atom. The van der Waals surface area contributed by atoms with E-state index in [0.29, 0.717) is 12.3 Å². The molecule has 0 radical (unpaired) electrons. The third kappa shape index (κ3) is 4.35. The van der Waals surface area contributed by atoms with Crippen molar-refractivity contribution in [2.75, 3.05) is 12.4 Å². The lowest BCUT2D eigenvalue weighted by Crippen LogP contribution is -2.07. The smallest absolute Gasteiger partial charge is 0.373 e. The van der Waals surface area contributed by atoms with E-state index in [-0.39, 0.29) is 17.4 Å². The summed E-state index contributed by atoms with van der Waals surface area (Å²) in [5, 5.41) is 14.6. The zero-order valence-corrected chi connectivity index (χ0v) is 15.8. The molecule has 0 fully saturated rings. The first-order valence-electron chi connectivity index (χ1n) is 8.59. The molecule has 1 aromatic heterocycles. The van der Waals surface area contributed by atoms with Crippen molar-refractivity contribution in [2.45, 2.75) is 20.4 Å². The molecule has 0 aliphatic heterocycles. The Morgan fingerprint density at radius 3 is 2.39 bits per heavy atom. The molecule has 0 aliphatic carbocycles. The van der Waals surface area contributed by atoms with Gasteiger partial charge in [-0.15, -0.1) is 0 Å². The van der Waals surface area contributed by atoms with Gasteiger partial charge in [-0.25, -0.2) is 4.98 Å². The lowest BCUT2D eigenvalue weighted by atomic mass is 10.1. The van der Waals surface area contributed by atoms with E-state index < -0.39 is 4.92 Å². The fourth-order valence-electron chi connectivity index (χ4n) is 2.55. The highest BCUT2D eigenvalue weighted by molar-refractivity contribution is 5.62. The molecule has 2 aromatic carbocycles. The van der Waals surface area contributed by atoms with Crippen LogP contribution >= 0.6 is 0 Å². The number of hydrogen-bond acceptors (Lipinski definition) is 7. The van der Waals surface area contributed by atoms with E-state index in [4.69, 9.17) is 9.47 Å². The van der Waals surface area contributed by atoms with Crippen molar-refractivity contribution in [2.24, 2.45) is 0 Å². The summed E-state index contributed by atoms with van der Waals surface area (Å²) in [7, 11) is 1.59. The Bertz CT molecular complexity index is 990. The maximum atomic E-state index is 11.6. The number of hydrogen-bond donors (Lipinski definition) is 1. The Balaban J connectivity index is 1.84. The largest absolute Gasteiger partial charge is 0.497 e. The number of anilines is 1. The van der Waals surface area contributed by atoms with Crippen LogP contribution in [0, 0.1) is 24.0 Å². The van der Waals surface area contributed by atoms with E-state index in [2.05, 4.69) is 15.3 Å². The van der Waals surface area contributed by atoms with Gasteiger partial charge in [0.05, 0.1) is 12.0 Å². The van der Waals surface area contributed by atoms with Gasteiger partial charge in [-0.1, -0.05) is 18.2 Å². The number of nitrogens with one attached hydrogen (secondary N) is 1. The van der Waals surface area contributed by atoms with E-state index >= 15 is 0 Å². The van der Waals surface area contributed by atoms with Crippen molar-refractivity contribution in [1.82, 2.24) is 9.97 Å². The summed E-state index contributed by atoms with van der Waals surface area (Å²) < 4.78 is 10.8. The quantitative estimate of drug-likeness (QED) is 0.478. The molecular formula is C20H20N4O4. The van der Waals surface area contributed by atoms with E-state index in [9.17, 15) is 10.1 Å². The molecule has 3 aromatic rings. The maximum absolute atomic E-state index is 11.6. The molecule has 8 heteroatoms. The average molecular weight is 380 g/mol. The minimum absolute atomic E-state index is 0.0923. The van der Waals surface area contributed by atoms with E-state index in [0.717, 1.165) is 22.4 Å². The molecule has 0 saturated heterocycles. The van der Waals surface area contributed by atoms with Crippen LogP contribution in [-0.4, -0.2) is 22.0 Å². The Hall–Kier alpha value is -3.68. The Kier molecular flexibility index (Phi) is 5.69. The van der Waals surface area contributed by atoms with Gasteiger partial charge in [0.1, 0.15) is 17.8 Å². The van der Waals surface area contributed by atoms with Crippen molar-refractivity contribution < 1.29 is 14.4 Å². The second kappa shape index (κ2) is 8.34. The third-order valence-corrected chi connectivity index (χ3v) is 4.28.